The van der Waals surface area contributed by atoms with Crippen molar-refractivity contribution < 1.29 is 4.39 Å². The lowest BCUT2D eigenvalue weighted by Crippen LogP contribution is -2.37. The maximum Gasteiger partial charge on any atom is 0.142 e. The van der Waals surface area contributed by atoms with Gasteiger partial charge in [-0.3, -0.25) is 0 Å². The molecule has 0 saturated heterocycles. The molecule has 1 nitrogen and oxygen atoms in total. The largest absolute Gasteiger partial charge is 0.317 e. The molecule has 3 heteroatoms. The van der Waals surface area contributed by atoms with Gasteiger partial charge in [0.15, 0.2) is 0 Å². The van der Waals surface area contributed by atoms with Gasteiger partial charge in [0.2, 0.25) is 0 Å². The van der Waals surface area contributed by atoms with Crippen LogP contribution in [0, 0.1) is 23.1 Å². The van der Waals surface area contributed by atoms with Crippen molar-refractivity contribution in [3.05, 3.63) is 34.6 Å². The van der Waals surface area contributed by atoms with E-state index in [1.165, 1.54) is 19.3 Å². The van der Waals surface area contributed by atoms with Crippen LogP contribution >= 0.6 is 11.6 Å². The van der Waals surface area contributed by atoms with E-state index >= 15 is 0 Å². The third kappa shape index (κ3) is 4.69. The molecule has 1 saturated carbocycles. The molecule has 0 radical (unpaired) electrons. The SMILES string of the molecule is CCNCC1CCC(C)(C)CC1Cc1ccc(Cl)c(F)c1. The lowest BCUT2D eigenvalue weighted by Gasteiger charge is -2.41. The van der Waals surface area contributed by atoms with E-state index in [4.69, 9.17) is 11.6 Å². The lowest BCUT2D eigenvalue weighted by atomic mass is 9.65. The van der Waals surface area contributed by atoms with Crippen LogP contribution in [0.25, 0.3) is 0 Å². The smallest absolute Gasteiger partial charge is 0.142 e. The van der Waals surface area contributed by atoms with E-state index in [0.29, 0.717) is 17.3 Å². The first kappa shape index (κ1) is 16.8. The molecule has 0 aliphatic heterocycles. The summed E-state index contributed by atoms with van der Waals surface area (Å²) >= 11 is 5.78. The van der Waals surface area contributed by atoms with Crippen molar-refractivity contribution in [2.24, 2.45) is 17.3 Å². The van der Waals surface area contributed by atoms with E-state index in [1.54, 1.807) is 12.1 Å². The minimum atomic E-state index is -0.299. The van der Waals surface area contributed by atoms with Crippen molar-refractivity contribution in [2.75, 3.05) is 13.1 Å². The summed E-state index contributed by atoms with van der Waals surface area (Å²) in [7, 11) is 0. The van der Waals surface area contributed by atoms with Gasteiger partial charge in [-0.05, 0) is 73.7 Å². The summed E-state index contributed by atoms with van der Waals surface area (Å²) in [5.41, 5.74) is 1.47. The van der Waals surface area contributed by atoms with Gasteiger partial charge in [-0.25, -0.2) is 4.39 Å². The molecule has 0 spiro atoms. The molecule has 1 aliphatic rings. The monoisotopic (exact) mass is 311 g/mol. The van der Waals surface area contributed by atoms with Gasteiger partial charge >= 0.3 is 0 Å². The fourth-order valence-electron chi connectivity index (χ4n) is 3.60. The number of benzene rings is 1. The zero-order valence-electron chi connectivity index (χ0n) is 13.4. The van der Waals surface area contributed by atoms with Gasteiger partial charge in [0.1, 0.15) is 5.82 Å². The fraction of sp³-hybridized carbons (Fsp3) is 0.667. The van der Waals surface area contributed by atoms with Gasteiger partial charge in [0, 0.05) is 0 Å². The molecule has 1 fully saturated rings. The molecule has 2 atom stereocenters. The van der Waals surface area contributed by atoms with Crippen LogP contribution in [0.5, 0.6) is 0 Å². The van der Waals surface area contributed by atoms with E-state index < -0.39 is 0 Å². The maximum atomic E-state index is 13.6. The molecule has 1 aromatic rings. The average molecular weight is 312 g/mol. The predicted molar refractivity (Wildman–Crippen MR) is 88.3 cm³/mol. The highest BCUT2D eigenvalue weighted by atomic mass is 35.5. The average Bonchev–Trinajstić information content (AvgIpc) is 2.41. The summed E-state index contributed by atoms with van der Waals surface area (Å²) < 4.78 is 13.6. The van der Waals surface area contributed by atoms with Crippen molar-refractivity contribution in [3.63, 3.8) is 0 Å². The Morgan fingerprint density at radius 1 is 1.33 bits per heavy atom. The maximum absolute atomic E-state index is 13.6. The Morgan fingerprint density at radius 2 is 2.10 bits per heavy atom. The number of hydrogen-bond acceptors (Lipinski definition) is 1. The van der Waals surface area contributed by atoms with E-state index in [0.717, 1.165) is 25.1 Å². The van der Waals surface area contributed by atoms with Crippen LogP contribution < -0.4 is 5.32 Å². The Labute approximate surface area is 133 Å². The third-order valence-electron chi connectivity index (χ3n) is 4.81. The van der Waals surface area contributed by atoms with Gasteiger partial charge in [0.25, 0.3) is 0 Å². The zero-order valence-corrected chi connectivity index (χ0v) is 14.1. The molecule has 0 amide bonds. The van der Waals surface area contributed by atoms with Gasteiger partial charge < -0.3 is 5.32 Å². The first-order valence-electron chi connectivity index (χ1n) is 8.06. The Morgan fingerprint density at radius 3 is 2.76 bits per heavy atom. The van der Waals surface area contributed by atoms with Crippen LogP contribution in [-0.4, -0.2) is 13.1 Å². The van der Waals surface area contributed by atoms with E-state index in [1.807, 2.05) is 6.07 Å². The zero-order chi connectivity index (χ0) is 15.5. The highest BCUT2D eigenvalue weighted by Gasteiger charge is 2.34. The second-order valence-electron chi connectivity index (χ2n) is 7.19. The summed E-state index contributed by atoms with van der Waals surface area (Å²) in [6.07, 6.45) is 4.72. The van der Waals surface area contributed by atoms with Gasteiger partial charge in [-0.2, -0.15) is 0 Å². The normalized spacial score (nSPS) is 25.0. The van der Waals surface area contributed by atoms with E-state index in [9.17, 15) is 4.39 Å². The molecule has 1 aliphatic carbocycles. The summed E-state index contributed by atoms with van der Waals surface area (Å²) in [5.74, 6) is 1.01. The fourth-order valence-corrected chi connectivity index (χ4v) is 3.71. The Kier molecular flexibility index (Phi) is 5.67. The number of rotatable bonds is 5. The summed E-state index contributed by atoms with van der Waals surface area (Å²) in [4.78, 5) is 0. The van der Waals surface area contributed by atoms with Crippen molar-refractivity contribution in [1.82, 2.24) is 5.32 Å². The Bertz CT molecular complexity index is 472. The molecule has 2 rings (SSSR count). The van der Waals surface area contributed by atoms with Gasteiger partial charge in [-0.1, -0.05) is 38.4 Å². The molecule has 0 bridgehead atoms. The summed E-state index contributed by atoms with van der Waals surface area (Å²) in [6.45, 7) is 8.95. The van der Waals surface area contributed by atoms with Crippen molar-refractivity contribution in [2.45, 2.75) is 46.5 Å². The quantitative estimate of drug-likeness (QED) is 0.800. The standard InChI is InChI=1S/C18H27ClFN/c1-4-21-12-14-7-8-18(2,3)11-15(14)9-13-5-6-16(19)17(20)10-13/h5-6,10,14-15,21H,4,7-9,11-12H2,1-3H3. The van der Waals surface area contributed by atoms with Gasteiger partial charge in [0.05, 0.1) is 5.02 Å². The molecule has 21 heavy (non-hydrogen) atoms. The number of nitrogens with one attached hydrogen (secondary N) is 1. The second kappa shape index (κ2) is 7.11. The summed E-state index contributed by atoms with van der Waals surface area (Å²) in [5, 5.41) is 3.70. The lowest BCUT2D eigenvalue weighted by molar-refractivity contribution is 0.116. The minimum absolute atomic E-state index is 0.215. The van der Waals surface area contributed by atoms with E-state index in [2.05, 4.69) is 26.1 Å². The summed E-state index contributed by atoms with van der Waals surface area (Å²) in [6, 6.07) is 5.26. The molecule has 118 valence electrons. The molecule has 1 aromatic carbocycles. The first-order valence-corrected chi connectivity index (χ1v) is 8.44. The molecule has 0 heterocycles. The highest BCUT2D eigenvalue weighted by Crippen LogP contribution is 2.43. The number of hydrogen-bond donors (Lipinski definition) is 1. The molecular weight excluding hydrogens is 285 g/mol. The predicted octanol–water partition coefficient (Wildman–Crippen LogP) is 5.07. The highest BCUT2D eigenvalue weighted by molar-refractivity contribution is 6.30. The first-order chi connectivity index (χ1) is 9.91. The van der Waals surface area contributed by atoms with Crippen LogP contribution in [0.15, 0.2) is 18.2 Å². The molecule has 0 aromatic heterocycles. The van der Waals surface area contributed by atoms with Crippen LogP contribution in [0.2, 0.25) is 5.02 Å². The second-order valence-corrected chi connectivity index (χ2v) is 7.59. The molecule has 2 unspecified atom stereocenters. The third-order valence-corrected chi connectivity index (χ3v) is 5.12. The Balaban J connectivity index is 2.09. The Hall–Kier alpha value is -0.600. The van der Waals surface area contributed by atoms with Crippen LogP contribution in [-0.2, 0) is 6.42 Å². The molecule has 1 N–H and O–H groups in total. The topological polar surface area (TPSA) is 12.0 Å². The van der Waals surface area contributed by atoms with E-state index in [-0.39, 0.29) is 10.8 Å². The van der Waals surface area contributed by atoms with Gasteiger partial charge in [-0.15, -0.1) is 0 Å². The number of halogens is 2. The van der Waals surface area contributed by atoms with Crippen molar-refractivity contribution in [1.29, 1.82) is 0 Å². The van der Waals surface area contributed by atoms with Crippen LogP contribution in [0.1, 0.15) is 45.6 Å². The molecular formula is C18H27ClFN. The minimum Gasteiger partial charge on any atom is -0.317 e. The van der Waals surface area contributed by atoms with Crippen molar-refractivity contribution in [3.8, 4) is 0 Å². The van der Waals surface area contributed by atoms with Crippen LogP contribution in [0.3, 0.4) is 0 Å². The van der Waals surface area contributed by atoms with Crippen molar-refractivity contribution >= 4 is 11.6 Å². The van der Waals surface area contributed by atoms with Crippen LogP contribution in [0.4, 0.5) is 4.39 Å².